The van der Waals surface area contributed by atoms with Gasteiger partial charge in [0.1, 0.15) is 0 Å². The van der Waals surface area contributed by atoms with Crippen LogP contribution in [0.5, 0.6) is 0 Å². The highest BCUT2D eigenvalue weighted by Gasteiger charge is 1.92. The minimum Gasteiger partial charge on any atom is -0.122 e. The number of benzene rings is 1. The van der Waals surface area contributed by atoms with Gasteiger partial charge in [0.2, 0.25) is 0 Å². The van der Waals surface area contributed by atoms with E-state index in [4.69, 9.17) is 11.6 Å². The summed E-state index contributed by atoms with van der Waals surface area (Å²) in [5.74, 6) is 0.626. The average molecular weight is 195 g/mol. The molecular weight excluding hydrogens is 180 g/mol. The minimum absolute atomic E-state index is 0.626. The summed E-state index contributed by atoms with van der Waals surface area (Å²) < 4.78 is 0. The lowest BCUT2D eigenvalue weighted by atomic mass is 10.1. The van der Waals surface area contributed by atoms with Crippen LogP contribution in [0.3, 0.4) is 0 Å². The van der Waals surface area contributed by atoms with Crippen LogP contribution in [0.25, 0.3) is 0 Å². The summed E-state index contributed by atoms with van der Waals surface area (Å²) in [6.07, 6.45) is 4.29. The van der Waals surface area contributed by atoms with Gasteiger partial charge >= 0.3 is 0 Å². The van der Waals surface area contributed by atoms with Crippen LogP contribution in [-0.4, -0.2) is 5.88 Å². The van der Waals surface area contributed by atoms with Crippen molar-refractivity contribution >= 4 is 11.6 Å². The van der Waals surface area contributed by atoms with E-state index in [1.807, 2.05) is 6.07 Å². The van der Waals surface area contributed by atoms with E-state index < -0.39 is 0 Å². The number of aryl methyl sites for hydroxylation is 1. The molecule has 0 nitrogen and oxygen atoms in total. The topological polar surface area (TPSA) is 0 Å². The molecule has 0 spiro atoms. The van der Waals surface area contributed by atoms with E-state index in [0.29, 0.717) is 5.88 Å². The molecule has 0 aliphatic carbocycles. The fourth-order valence-electron chi connectivity index (χ4n) is 1.22. The summed E-state index contributed by atoms with van der Waals surface area (Å²) in [6, 6.07) is 10.5. The Morgan fingerprint density at radius 3 is 2.62 bits per heavy atom. The van der Waals surface area contributed by atoms with E-state index >= 15 is 0 Å². The summed E-state index contributed by atoms with van der Waals surface area (Å²) in [6.45, 7) is 2.13. The zero-order valence-corrected chi connectivity index (χ0v) is 8.72. The molecule has 0 unspecified atom stereocenters. The summed E-state index contributed by atoms with van der Waals surface area (Å²) in [4.78, 5) is 0. The van der Waals surface area contributed by atoms with Crippen molar-refractivity contribution in [3.8, 4) is 0 Å². The molecule has 0 aliphatic heterocycles. The number of halogens is 1. The van der Waals surface area contributed by atoms with Crippen molar-refractivity contribution in [3.05, 3.63) is 47.5 Å². The third-order valence-electron chi connectivity index (χ3n) is 2.08. The van der Waals surface area contributed by atoms with Crippen LogP contribution in [0.4, 0.5) is 0 Å². The van der Waals surface area contributed by atoms with Gasteiger partial charge < -0.3 is 0 Å². The Morgan fingerprint density at radius 1 is 1.31 bits per heavy atom. The summed E-state index contributed by atoms with van der Waals surface area (Å²) in [7, 11) is 0. The van der Waals surface area contributed by atoms with Crippen LogP contribution < -0.4 is 0 Å². The number of rotatable bonds is 4. The second-order valence-electron chi connectivity index (χ2n) is 3.19. The van der Waals surface area contributed by atoms with Gasteiger partial charge in [0, 0.05) is 5.88 Å². The highest BCUT2D eigenvalue weighted by Crippen LogP contribution is 2.08. The van der Waals surface area contributed by atoms with Crippen LogP contribution in [0, 0.1) is 0 Å². The maximum atomic E-state index is 5.60. The number of alkyl halides is 1. The fraction of sp³-hybridized carbons (Fsp3) is 0.333. The zero-order chi connectivity index (χ0) is 9.52. The normalized spacial score (nSPS) is 11.7. The lowest BCUT2D eigenvalue weighted by Crippen LogP contribution is -1.86. The standard InChI is InChI=1S/C12H15Cl/c1-11(9-10-13)7-8-12-5-3-2-4-6-12/h2-6,9H,7-8,10H2,1H3/b11-9+. The first-order chi connectivity index (χ1) is 6.33. The predicted octanol–water partition coefficient (Wildman–Crippen LogP) is 3.80. The Balaban J connectivity index is 2.39. The quantitative estimate of drug-likeness (QED) is 0.505. The molecule has 1 heteroatoms. The molecule has 0 N–H and O–H groups in total. The van der Waals surface area contributed by atoms with Crippen LogP contribution in [0.1, 0.15) is 18.9 Å². The van der Waals surface area contributed by atoms with Crippen LogP contribution >= 0.6 is 11.6 Å². The van der Waals surface area contributed by atoms with Gasteiger partial charge in [0.25, 0.3) is 0 Å². The smallest absolute Gasteiger partial charge is 0.0406 e. The van der Waals surface area contributed by atoms with E-state index in [-0.39, 0.29) is 0 Å². The molecule has 0 bridgehead atoms. The lowest BCUT2D eigenvalue weighted by molar-refractivity contribution is 0.938. The Bertz CT molecular complexity index is 262. The zero-order valence-electron chi connectivity index (χ0n) is 7.96. The molecule has 1 aromatic carbocycles. The average Bonchev–Trinajstić information content (AvgIpc) is 2.17. The fourth-order valence-corrected chi connectivity index (χ4v) is 1.48. The molecule has 0 aliphatic rings. The molecule has 0 saturated carbocycles. The molecule has 1 aromatic rings. The predicted molar refractivity (Wildman–Crippen MR) is 59.2 cm³/mol. The van der Waals surface area contributed by atoms with Gasteiger partial charge in [0.05, 0.1) is 0 Å². The summed E-state index contributed by atoms with van der Waals surface area (Å²) in [5.41, 5.74) is 2.77. The van der Waals surface area contributed by atoms with Gasteiger partial charge in [-0.2, -0.15) is 0 Å². The van der Waals surface area contributed by atoms with Crippen molar-refractivity contribution in [2.45, 2.75) is 19.8 Å². The summed E-state index contributed by atoms with van der Waals surface area (Å²) in [5, 5.41) is 0. The molecule has 0 atom stereocenters. The monoisotopic (exact) mass is 194 g/mol. The van der Waals surface area contributed by atoms with Gasteiger partial charge in [-0.3, -0.25) is 0 Å². The Hall–Kier alpha value is -0.750. The highest BCUT2D eigenvalue weighted by atomic mass is 35.5. The molecule has 0 saturated heterocycles. The van der Waals surface area contributed by atoms with E-state index in [9.17, 15) is 0 Å². The van der Waals surface area contributed by atoms with Crippen molar-refractivity contribution in [2.24, 2.45) is 0 Å². The van der Waals surface area contributed by atoms with Crippen LogP contribution in [0.2, 0.25) is 0 Å². The lowest BCUT2D eigenvalue weighted by Gasteiger charge is -2.00. The number of hydrogen-bond acceptors (Lipinski definition) is 0. The third kappa shape index (κ3) is 4.14. The number of allylic oxidation sites excluding steroid dienone is 2. The first kappa shape index (κ1) is 10.3. The second-order valence-corrected chi connectivity index (χ2v) is 3.50. The second kappa shape index (κ2) is 5.82. The molecule has 0 radical (unpaired) electrons. The van der Waals surface area contributed by atoms with Gasteiger partial charge in [-0.25, -0.2) is 0 Å². The van der Waals surface area contributed by atoms with Crippen LogP contribution in [0.15, 0.2) is 42.0 Å². The first-order valence-electron chi connectivity index (χ1n) is 4.58. The van der Waals surface area contributed by atoms with Gasteiger partial charge in [-0.1, -0.05) is 42.0 Å². The van der Waals surface area contributed by atoms with Crippen molar-refractivity contribution < 1.29 is 0 Å². The largest absolute Gasteiger partial charge is 0.122 e. The molecule has 1 rings (SSSR count). The summed E-state index contributed by atoms with van der Waals surface area (Å²) >= 11 is 5.60. The van der Waals surface area contributed by atoms with Gasteiger partial charge in [-0.15, -0.1) is 11.6 Å². The molecular formula is C12H15Cl. The van der Waals surface area contributed by atoms with E-state index in [0.717, 1.165) is 12.8 Å². The maximum absolute atomic E-state index is 5.60. The SMILES string of the molecule is C/C(=C\CCl)CCc1ccccc1. The molecule has 70 valence electrons. The van der Waals surface area contributed by atoms with Gasteiger partial charge in [0.15, 0.2) is 0 Å². The van der Waals surface area contributed by atoms with E-state index in [1.54, 1.807) is 0 Å². The minimum atomic E-state index is 0.626. The maximum Gasteiger partial charge on any atom is 0.0406 e. The molecule has 0 aromatic heterocycles. The highest BCUT2D eigenvalue weighted by molar-refractivity contribution is 6.18. The Labute approximate surface area is 85.2 Å². The van der Waals surface area contributed by atoms with Crippen molar-refractivity contribution in [1.82, 2.24) is 0 Å². The van der Waals surface area contributed by atoms with Crippen LogP contribution in [-0.2, 0) is 6.42 Å². The Kier molecular flexibility index (Phi) is 4.63. The molecule has 0 fully saturated rings. The van der Waals surface area contributed by atoms with Crippen molar-refractivity contribution in [2.75, 3.05) is 5.88 Å². The van der Waals surface area contributed by atoms with E-state index in [2.05, 4.69) is 37.3 Å². The first-order valence-corrected chi connectivity index (χ1v) is 5.12. The molecule has 0 amide bonds. The van der Waals surface area contributed by atoms with Gasteiger partial charge in [-0.05, 0) is 25.3 Å². The third-order valence-corrected chi connectivity index (χ3v) is 2.23. The Morgan fingerprint density at radius 2 is 2.00 bits per heavy atom. The molecule has 0 heterocycles. The van der Waals surface area contributed by atoms with Crippen molar-refractivity contribution in [1.29, 1.82) is 0 Å². The number of hydrogen-bond donors (Lipinski definition) is 0. The van der Waals surface area contributed by atoms with Crippen molar-refractivity contribution in [3.63, 3.8) is 0 Å². The van der Waals surface area contributed by atoms with E-state index in [1.165, 1.54) is 11.1 Å². The molecule has 13 heavy (non-hydrogen) atoms.